The van der Waals surface area contributed by atoms with Gasteiger partial charge in [0, 0.05) is 66.4 Å². The maximum Gasteiger partial charge on any atom is 1.00 e. The van der Waals surface area contributed by atoms with E-state index in [9.17, 15) is 45.4 Å². The van der Waals surface area contributed by atoms with Crippen LogP contribution in [0.15, 0.2) is 87.0 Å². The number of carboxylic acids is 1. The molecule has 0 atom stereocenters. The fourth-order valence-corrected chi connectivity index (χ4v) is 8.39. The second-order valence-electron chi connectivity index (χ2n) is 13.4. The number of hydroxylamine groups is 1. The third-order valence-electron chi connectivity index (χ3n) is 9.57. The van der Waals surface area contributed by atoms with E-state index in [1.165, 1.54) is 24.3 Å². The van der Waals surface area contributed by atoms with Gasteiger partial charge in [0.2, 0.25) is 5.91 Å². The first-order valence-corrected chi connectivity index (χ1v) is 20.9. The molecule has 0 radical (unpaired) electrons. The van der Waals surface area contributed by atoms with E-state index in [0.717, 1.165) is 34.8 Å². The van der Waals surface area contributed by atoms with Crippen molar-refractivity contribution in [3.8, 4) is 22.5 Å². The van der Waals surface area contributed by atoms with Crippen molar-refractivity contribution in [2.45, 2.75) is 48.6 Å². The van der Waals surface area contributed by atoms with Crippen molar-refractivity contribution >= 4 is 65.6 Å². The van der Waals surface area contributed by atoms with Crippen LogP contribution in [0.3, 0.4) is 0 Å². The summed E-state index contributed by atoms with van der Waals surface area (Å²) in [5.74, 6) is -2.97. The van der Waals surface area contributed by atoms with Gasteiger partial charge in [-0.1, -0.05) is 18.2 Å². The predicted molar refractivity (Wildman–Crippen MR) is 213 cm³/mol. The molecule has 60 heavy (non-hydrogen) atoms. The summed E-state index contributed by atoms with van der Waals surface area (Å²) in [5.41, 5.74) is 8.06. The zero-order valence-corrected chi connectivity index (χ0v) is 36.0. The van der Waals surface area contributed by atoms with Crippen LogP contribution in [0.1, 0.15) is 52.1 Å². The quantitative estimate of drug-likeness (QED) is 0.0167. The van der Waals surface area contributed by atoms with Crippen molar-refractivity contribution in [3.63, 3.8) is 0 Å². The van der Waals surface area contributed by atoms with Gasteiger partial charge in [-0.25, -0.2) is 18.7 Å². The number of benzene rings is 4. The molecule has 2 aliphatic rings. The van der Waals surface area contributed by atoms with E-state index in [4.69, 9.17) is 20.4 Å². The Morgan fingerprint density at radius 2 is 1.63 bits per heavy atom. The smallest absolute Gasteiger partial charge is 0.744 e. The zero-order valence-electron chi connectivity index (χ0n) is 32.4. The van der Waals surface area contributed by atoms with Gasteiger partial charge in [0.1, 0.15) is 21.6 Å². The number of carbonyl (C=O) groups excluding carboxylic acids is 2. The van der Waals surface area contributed by atoms with E-state index in [2.05, 4.69) is 20.7 Å². The fourth-order valence-electron chi connectivity index (χ4n) is 6.92. The van der Waals surface area contributed by atoms with Crippen LogP contribution in [0.4, 0.5) is 5.69 Å². The van der Waals surface area contributed by atoms with E-state index in [-0.39, 0.29) is 76.1 Å². The molecule has 0 spiro atoms. The number of fused-ring (bicyclic) bond motifs is 3. The number of anilines is 1. The molecule has 3 aromatic carbocycles. The molecule has 2 amide bonds. The second-order valence-corrected chi connectivity index (χ2v) is 16.1. The molecule has 0 saturated heterocycles. The molecule has 2 heterocycles. The number of hydrogen-bond acceptors (Lipinski definition) is 13. The van der Waals surface area contributed by atoms with Gasteiger partial charge in [-0.2, -0.15) is 8.42 Å². The monoisotopic (exact) mass is 870 g/mol. The van der Waals surface area contributed by atoms with Gasteiger partial charge in [-0.15, -0.1) is 0 Å². The first-order chi connectivity index (χ1) is 28.0. The number of carbonyl (C=O) groups is 3. The number of aromatic carboxylic acids is 1. The number of carboxylic acid groups (broad SMARTS) is 1. The Balaban J connectivity index is 0.00000683. The molecule has 21 heteroatoms. The molecular formula is C39H39N6NaO12S2. The molecule has 4 aromatic rings. The Labute approximate surface area is 365 Å². The molecule has 1 aliphatic carbocycles. The van der Waals surface area contributed by atoms with Crippen LogP contribution in [0.25, 0.3) is 44.3 Å². The molecule has 1 aliphatic heterocycles. The van der Waals surface area contributed by atoms with E-state index in [1.54, 1.807) is 7.05 Å². The van der Waals surface area contributed by atoms with E-state index < -0.39 is 69.9 Å². The molecule has 0 bridgehead atoms. The van der Waals surface area contributed by atoms with Crippen molar-refractivity contribution in [2.24, 2.45) is 0 Å². The van der Waals surface area contributed by atoms with Crippen LogP contribution < -0.4 is 56.8 Å². The minimum absolute atomic E-state index is 0. The largest absolute Gasteiger partial charge is 1.00 e. The number of nitrogens with one attached hydrogen (secondary N) is 4. The number of rotatable bonds is 17. The number of unbranched alkanes of at least 4 members (excludes halogenated alkanes) is 2. The van der Waals surface area contributed by atoms with Gasteiger partial charge < -0.3 is 35.0 Å². The van der Waals surface area contributed by atoms with Crippen molar-refractivity contribution in [1.82, 2.24) is 20.7 Å². The summed E-state index contributed by atoms with van der Waals surface area (Å²) in [7, 11) is -8.97. The van der Waals surface area contributed by atoms with Gasteiger partial charge in [0.15, 0.2) is 16.2 Å². The minimum atomic E-state index is -5.41. The summed E-state index contributed by atoms with van der Waals surface area (Å²) in [5, 5.41) is 24.1. The molecule has 310 valence electrons. The summed E-state index contributed by atoms with van der Waals surface area (Å²) in [6, 6.07) is 17.9. The fraction of sp³-hybridized carbons (Fsp3) is 0.231. The molecular weight excluding hydrogens is 832 g/mol. The van der Waals surface area contributed by atoms with Gasteiger partial charge in [-0.05, 0) is 84.8 Å². The van der Waals surface area contributed by atoms with Gasteiger partial charge >= 0.3 is 35.5 Å². The van der Waals surface area contributed by atoms with Gasteiger partial charge in [0.25, 0.3) is 16.0 Å². The number of nitrogens with two attached hydrogens (primary N) is 1. The average Bonchev–Trinajstić information content (AvgIpc) is 3.53. The molecule has 0 unspecified atom stereocenters. The Morgan fingerprint density at radius 1 is 0.917 bits per heavy atom. The Morgan fingerprint density at radius 3 is 2.32 bits per heavy atom. The maximum absolute atomic E-state index is 13.4. The normalized spacial score (nSPS) is 11.8. The maximum atomic E-state index is 13.4. The predicted octanol–water partition coefficient (Wildman–Crippen LogP) is 0.832. The molecule has 1 aromatic heterocycles. The third kappa shape index (κ3) is 9.89. The number of nitrogens with zero attached hydrogens (tertiary/aromatic N) is 1. The number of aromatic nitrogens is 1. The number of aryl methyl sites for hydroxylation is 1. The summed E-state index contributed by atoms with van der Waals surface area (Å²) in [4.78, 5) is 41.8. The molecule has 0 fully saturated rings. The summed E-state index contributed by atoms with van der Waals surface area (Å²) < 4.78 is 79.9. The van der Waals surface area contributed by atoms with Crippen LogP contribution in [0.5, 0.6) is 0 Å². The summed E-state index contributed by atoms with van der Waals surface area (Å²) >= 11 is 0. The number of amides is 2. The zero-order chi connectivity index (χ0) is 42.6. The Bertz CT molecular complexity index is 2880. The van der Waals surface area contributed by atoms with Crippen molar-refractivity contribution in [1.29, 1.82) is 5.41 Å². The number of hydrogen-bond donors (Lipinski definition) is 7. The standard InChI is InChI=1S/C39H40N6O12S2.Na/c1-42-56-21-24-19-22-7-3-4-8-31(22)45(24)18-15-32(46)43-16-5-2-6-17-44-38(47)23-9-10-25(39(48)49)28(20-23)33-26-11-13-29(40)36(58(50,51)52)34(26)57-35-27(33)12-14-30(41)37(35)59(53,54)55;/h3-4,7-14,19-20,40,42H,2,5-6,15-18,21,41H2,1H3,(H,43,46)(H,44,47)(H,48,49)(H,50,51,52)(H,53,54,55);/q;+1/p-1. The molecule has 8 N–H and O–H groups in total. The second kappa shape index (κ2) is 19.0. The summed E-state index contributed by atoms with van der Waals surface area (Å²) in [6.07, 6.45) is 2.06. The van der Waals surface area contributed by atoms with Crippen LogP contribution in [0, 0.1) is 5.41 Å². The summed E-state index contributed by atoms with van der Waals surface area (Å²) in [6.45, 7) is 1.43. The average molecular weight is 871 g/mol. The van der Waals surface area contributed by atoms with Crippen molar-refractivity contribution < 1.29 is 84.2 Å². The van der Waals surface area contributed by atoms with Crippen molar-refractivity contribution in [3.05, 3.63) is 95.0 Å². The first kappa shape index (κ1) is 45.9. The Hall–Kier alpha value is -5.16. The van der Waals surface area contributed by atoms with Crippen LogP contribution in [0.2, 0.25) is 0 Å². The minimum Gasteiger partial charge on any atom is -0.744 e. The topological polar surface area (TPSA) is 296 Å². The molecule has 0 saturated carbocycles. The SMILES string of the molecule is CNOCc1cc2ccccc2n1CCC(=O)NCCCCCNC(=O)c1ccc(C(=O)O)c(-c2c3ccc(=N)c(S(=O)(=O)O)c-3oc3c(S(=O)(=O)[O-])c(N)ccc23)c1.[Na+]. The van der Waals surface area contributed by atoms with Gasteiger partial charge in [0.05, 0.1) is 16.6 Å². The molecule has 6 rings (SSSR count). The van der Waals surface area contributed by atoms with Gasteiger partial charge in [-0.3, -0.25) is 24.4 Å². The number of nitrogen functional groups attached to an aromatic ring is 1. The van der Waals surface area contributed by atoms with E-state index in [1.807, 2.05) is 30.3 Å². The molecule has 18 nitrogen and oxygen atoms in total. The van der Waals surface area contributed by atoms with Crippen LogP contribution in [-0.2, 0) is 43.0 Å². The van der Waals surface area contributed by atoms with Crippen molar-refractivity contribution in [2.75, 3.05) is 25.9 Å². The van der Waals surface area contributed by atoms with E-state index >= 15 is 0 Å². The first-order valence-electron chi connectivity index (χ1n) is 18.1. The van der Waals surface area contributed by atoms with E-state index in [0.29, 0.717) is 39.0 Å². The number of para-hydroxylation sites is 1. The Kier molecular flexibility index (Phi) is 14.6. The van der Waals surface area contributed by atoms with Crippen LogP contribution in [-0.4, -0.2) is 73.5 Å². The third-order valence-corrected chi connectivity index (χ3v) is 11.4. The van der Waals surface area contributed by atoms with Crippen LogP contribution >= 0.6 is 0 Å².